The number of hydrogen-bond donors (Lipinski definition) is 1. The fourth-order valence-electron chi connectivity index (χ4n) is 2.15. The van der Waals surface area contributed by atoms with Crippen LogP contribution < -0.4 is 15.2 Å². The third-order valence-electron chi connectivity index (χ3n) is 2.99. The van der Waals surface area contributed by atoms with Crippen molar-refractivity contribution >= 4 is 5.95 Å². The number of anilines is 1. The van der Waals surface area contributed by atoms with Gasteiger partial charge in [-0.25, -0.2) is 0 Å². The SMILES string of the molecule is COc1nc(N)nc(-c2cccc3c2OCCC3)n1. The third kappa shape index (κ3) is 2.16. The molecule has 1 aromatic heterocycles. The van der Waals surface area contributed by atoms with E-state index < -0.39 is 0 Å². The van der Waals surface area contributed by atoms with Crippen molar-refractivity contribution in [2.45, 2.75) is 12.8 Å². The summed E-state index contributed by atoms with van der Waals surface area (Å²) in [5, 5.41) is 0. The largest absolute Gasteiger partial charge is 0.493 e. The molecule has 6 heteroatoms. The number of hydrogen-bond acceptors (Lipinski definition) is 6. The van der Waals surface area contributed by atoms with Gasteiger partial charge in [-0.2, -0.15) is 15.0 Å². The van der Waals surface area contributed by atoms with Crippen LogP contribution in [0, 0.1) is 0 Å². The number of nitrogens with zero attached hydrogens (tertiary/aromatic N) is 3. The van der Waals surface area contributed by atoms with Gasteiger partial charge in [-0.3, -0.25) is 0 Å². The van der Waals surface area contributed by atoms with Gasteiger partial charge in [0.25, 0.3) is 0 Å². The minimum Gasteiger partial charge on any atom is -0.493 e. The Kier molecular flexibility index (Phi) is 2.91. The van der Waals surface area contributed by atoms with Crippen LogP contribution in [0.15, 0.2) is 18.2 Å². The van der Waals surface area contributed by atoms with Crippen LogP contribution in [-0.2, 0) is 6.42 Å². The lowest BCUT2D eigenvalue weighted by Gasteiger charge is -2.19. The van der Waals surface area contributed by atoms with Crippen molar-refractivity contribution < 1.29 is 9.47 Å². The molecule has 0 aliphatic carbocycles. The summed E-state index contributed by atoms with van der Waals surface area (Å²) >= 11 is 0. The van der Waals surface area contributed by atoms with Crippen molar-refractivity contribution in [1.29, 1.82) is 0 Å². The van der Waals surface area contributed by atoms with E-state index in [-0.39, 0.29) is 12.0 Å². The normalized spacial score (nSPS) is 13.5. The lowest BCUT2D eigenvalue weighted by Crippen LogP contribution is -2.10. The Morgan fingerprint density at radius 2 is 2.16 bits per heavy atom. The topological polar surface area (TPSA) is 83.2 Å². The van der Waals surface area contributed by atoms with Gasteiger partial charge in [-0.15, -0.1) is 0 Å². The maximum absolute atomic E-state index is 5.74. The number of benzene rings is 1. The summed E-state index contributed by atoms with van der Waals surface area (Å²) in [5.74, 6) is 1.44. The van der Waals surface area contributed by atoms with Crippen LogP contribution >= 0.6 is 0 Å². The van der Waals surface area contributed by atoms with E-state index >= 15 is 0 Å². The van der Waals surface area contributed by atoms with Gasteiger partial charge in [0.15, 0.2) is 5.82 Å². The highest BCUT2D eigenvalue weighted by molar-refractivity contribution is 5.67. The first-order chi connectivity index (χ1) is 9.28. The van der Waals surface area contributed by atoms with Gasteiger partial charge in [0.1, 0.15) is 5.75 Å². The van der Waals surface area contributed by atoms with Crippen LogP contribution in [0.25, 0.3) is 11.4 Å². The second-order valence-electron chi connectivity index (χ2n) is 4.25. The Morgan fingerprint density at radius 1 is 1.26 bits per heavy atom. The second kappa shape index (κ2) is 4.72. The molecule has 0 radical (unpaired) electrons. The van der Waals surface area contributed by atoms with Gasteiger partial charge < -0.3 is 15.2 Å². The van der Waals surface area contributed by atoms with E-state index in [9.17, 15) is 0 Å². The Balaban J connectivity index is 2.14. The molecule has 0 atom stereocenters. The number of nitrogen functional groups attached to an aromatic ring is 1. The molecule has 0 fully saturated rings. The predicted octanol–water partition coefficient (Wildman–Crippen LogP) is 1.45. The van der Waals surface area contributed by atoms with Crippen molar-refractivity contribution in [3.05, 3.63) is 23.8 Å². The van der Waals surface area contributed by atoms with Gasteiger partial charge in [-0.05, 0) is 24.5 Å². The second-order valence-corrected chi connectivity index (χ2v) is 4.25. The Labute approximate surface area is 110 Å². The summed E-state index contributed by atoms with van der Waals surface area (Å²) < 4.78 is 10.8. The molecule has 19 heavy (non-hydrogen) atoms. The molecule has 0 saturated heterocycles. The molecular formula is C13H14N4O2. The summed E-state index contributed by atoms with van der Waals surface area (Å²) in [7, 11) is 1.50. The summed E-state index contributed by atoms with van der Waals surface area (Å²) in [6.07, 6.45) is 2.03. The van der Waals surface area contributed by atoms with E-state index in [4.69, 9.17) is 15.2 Å². The number of rotatable bonds is 2. The molecule has 6 nitrogen and oxygen atoms in total. The average Bonchev–Trinajstić information content (AvgIpc) is 2.46. The molecule has 0 amide bonds. The molecule has 0 bridgehead atoms. The highest BCUT2D eigenvalue weighted by Crippen LogP contribution is 2.34. The van der Waals surface area contributed by atoms with Crippen LogP contribution in [-0.4, -0.2) is 28.7 Å². The molecule has 1 aromatic carbocycles. The fourth-order valence-corrected chi connectivity index (χ4v) is 2.15. The number of fused-ring (bicyclic) bond motifs is 1. The Bertz CT molecular complexity index is 616. The molecule has 3 rings (SSSR count). The zero-order valence-electron chi connectivity index (χ0n) is 10.6. The van der Waals surface area contributed by atoms with Gasteiger partial charge in [0.05, 0.1) is 19.3 Å². The molecule has 98 valence electrons. The number of nitrogens with two attached hydrogens (primary N) is 1. The minimum atomic E-state index is 0.135. The van der Waals surface area contributed by atoms with E-state index in [0.717, 1.165) is 24.2 Å². The summed E-state index contributed by atoms with van der Waals surface area (Å²) in [4.78, 5) is 12.3. The summed E-state index contributed by atoms with van der Waals surface area (Å²) in [6.45, 7) is 0.710. The minimum absolute atomic E-state index is 0.135. The van der Waals surface area contributed by atoms with Crippen molar-refractivity contribution in [2.24, 2.45) is 0 Å². The molecule has 2 heterocycles. The van der Waals surface area contributed by atoms with E-state index in [0.29, 0.717) is 12.4 Å². The monoisotopic (exact) mass is 258 g/mol. The van der Waals surface area contributed by atoms with Crippen molar-refractivity contribution in [3.63, 3.8) is 0 Å². The van der Waals surface area contributed by atoms with E-state index in [1.54, 1.807) is 0 Å². The summed E-state index contributed by atoms with van der Waals surface area (Å²) in [5.41, 5.74) is 7.66. The standard InChI is InChI=1S/C13H14N4O2/c1-18-13-16-11(15-12(14)17-13)9-6-2-4-8-5-3-7-19-10(8)9/h2,4,6H,3,5,7H2,1H3,(H2,14,15,16,17). The third-order valence-corrected chi connectivity index (χ3v) is 2.99. The van der Waals surface area contributed by atoms with Crippen LogP contribution in [0.5, 0.6) is 11.8 Å². The van der Waals surface area contributed by atoms with Gasteiger partial charge >= 0.3 is 6.01 Å². The summed E-state index contributed by atoms with van der Waals surface area (Å²) in [6, 6.07) is 6.14. The maximum atomic E-state index is 5.74. The zero-order chi connectivity index (χ0) is 13.2. The average molecular weight is 258 g/mol. The number of aromatic nitrogens is 3. The number of para-hydroxylation sites is 1. The molecule has 2 N–H and O–H groups in total. The first-order valence-electron chi connectivity index (χ1n) is 6.08. The lowest BCUT2D eigenvalue weighted by molar-refractivity contribution is 0.289. The maximum Gasteiger partial charge on any atom is 0.321 e. The lowest BCUT2D eigenvalue weighted by atomic mass is 10.0. The van der Waals surface area contributed by atoms with E-state index in [2.05, 4.69) is 21.0 Å². The Hall–Kier alpha value is -2.37. The quantitative estimate of drug-likeness (QED) is 0.877. The highest BCUT2D eigenvalue weighted by Gasteiger charge is 2.18. The van der Waals surface area contributed by atoms with E-state index in [1.165, 1.54) is 12.7 Å². The van der Waals surface area contributed by atoms with Crippen LogP contribution in [0.1, 0.15) is 12.0 Å². The first kappa shape index (κ1) is 11.7. The molecule has 2 aromatic rings. The highest BCUT2D eigenvalue weighted by atomic mass is 16.5. The number of methoxy groups -OCH3 is 1. The van der Waals surface area contributed by atoms with Gasteiger partial charge in [-0.1, -0.05) is 12.1 Å². The van der Waals surface area contributed by atoms with Crippen molar-refractivity contribution in [2.75, 3.05) is 19.5 Å². The molecule has 1 aliphatic rings. The molecule has 0 spiro atoms. The number of ether oxygens (including phenoxy) is 2. The smallest absolute Gasteiger partial charge is 0.321 e. The van der Waals surface area contributed by atoms with Crippen molar-refractivity contribution in [3.8, 4) is 23.1 Å². The predicted molar refractivity (Wildman–Crippen MR) is 70.0 cm³/mol. The molecule has 0 unspecified atom stereocenters. The Morgan fingerprint density at radius 3 is 3.00 bits per heavy atom. The molecule has 1 aliphatic heterocycles. The van der Waals surface area contributed by atoms with Gasteiger partial charge in [0, 0.05) is 0 Å². The van der Waals surface area contributed by atoms with Crippen LogP contribution in [0.2, 0.25) is 0 Å². The molecular weight excluding hydrogens is 244 g/mol. The van der Waals surface area contributed by atoms with Crippen LogP contribution in [0.3, 0.4) is 0 Å². The zero-order valence-corrected chi connectivity index (χ0v) is 10.6. The van der Waals surface area contributed by atoms with E-state index in [1.807, 2.05) is 12.1 Å². The first-order valence-corrected chi connectivity index (χ1v) is 6.08. The van der Waals surface area contributed by atoms with Crippen molar-refractivity contribution in [1.82, 2.24) is 15.0 Å². The van der Waals surface area contributed by atoms with Crippen LogP contribution in [0.4, 0.5) is 5.95 Å². The molecule has 0 saturated carbocycles. The fraction of sp³-hybridized carbons (Fsp3) is 0.308. The number of aryl methyl sites for hydroxylation is 1. The van der Waals surface area contributed by atoms with Gasteiger partial charge in [0.2, 0.25) is 5.95 Å².